The fourth-order valence-electron chi connectivity index (χ4n) is 3.51. The van der Waals surface area contributed by atoms with Crippen LogP contribution in [0.5, 0.6) is 0 Å². The van der Waals surface area contributed by atoms with Gasteiger partial charge in [-0.15, -0.1) is 0 Å². The summed E-state index contributed by atoms with van der Waals surface area (Å²) in [5.74, 6) is -0.160. The lowest BCUT2D eigenvalue weighted by atomic mass is 9.87. The molecule has 1 aromatic rings. The number of halogens is 1. The number of rotatable bonds is 3. The Balaban J connectivity index is 1.71. The topological polar surface area (TPSA) is 32.3 Å². The van der Waals surface area contributed by atoms with Crippen molar-refractivity contribution in [2.24, 2.45) is 0 Å². The molecule has 1 unspecified atom stereocenters. The number of hydrogen-bond acceptors (Lipinski definition) is 2. The van der Waals surface area contributed by atoms with Gasteiger partial charge in [0.25, 0.3) is 0 Å². The molecule has 19 heavy (non-hydrogen) atoms. The molecule has 1 aromatic carbocycles. The summed E-state index contributed by atoms with van der Waals surface area (Å²) >= 11 is 0. The number of benzene rings is 1. The lowest BCUT2D eigenvalue weighted by Gasteiger charge is -2.30. The summed E-state index contributed by atoms with van der Waals surface area (Å²) < 4.78 is 13.4. The highest BCUT2D eigenvalue weighted by Gasteiger charge is 2.32. The van der Waals surface area contributed by atoms with E-state index >= 15 is 0 Å². The van der Waals surface area contributed by atoms with Crippen LogP contribution in [0, 0.1) is 5.82 Å². The van der Waals surface area contributed by atoms with Crippen LogP contribution >= 0.6 is 0 Å². The third kappa shape index (κ3) is 2.82. The normalized spacial score (nSPS) is 25.3. The maximum absolute atomic E-state index is 13.4. The minimum atomic E-state index is -0.537. The molecule has 2 aliphatic rings. The van der Waals surface area contributed by atoms with Crippen LogP contribution in [0.3, 0.4) is 0 Å². The fraction of sp³-hybridized carbons (Fsp3) is 0.625. The second kappa shape index (κ2) is 5.22. The molecule has 0 aromatic heterocycles. The van der Waals surface area contributed by atoms with Crippen LogP contribution in [-0.4, -0.2) is 17.3 Å². The molecule has 0 saturated heterocycles. The van der Waals surface area contributed by atoms with E-state index in [1.165, 1.54) is 5.56 Å². The van der Waals surface area contributed by atoms with E-state index in [0.29, 0.717) is 6.54 Å². The predicted molar refractivity (Wildman–Crippen MR) is 73.5 cm³/mol. The molecule has 2 nitrogen and oxygen atoms in total. The van der Waals surface area contributed by atoms with Crippen molar-refractivity contribution >= 4 is 0 Å². The summed E-state index contributed by atoms with van der Waals surface area (Å²) in [6.07, 6.45) is 7.23. The summed E-state index contributed by atoms with van der Waals surface area (Å²) in [5.41, 5.74) is 1.81. The first-order valence-electron chi connectivity index (χ1n) is 7.40. The molecule has 0 heterocycles. The Kier molecular flexibility index (Phi) is 3.59. The zero-order chi connectivity index (χ0) is 13.3. The summed E-state index contributed by atoms with van der Waals surface area (Å²) in [4.78, 5) is 0. The molecule has 1 atom stereocenters. The molecule has 104 valence electrons. The molecular formula is C16H22FNO. The Morgan fingerprint density at radius 3 is 2.84 bits per heavy atom. The number of fused-ring (bicyclic) bond motifs is 1. The highest BCUT2D eigenvalue weighted by Crippen LogP contribution is 2.33. The van der Waals surface area contributed by atoms with E-state index in [1.54, 1.807) is 12.1 Å². The molecule has 3 heteroatoms. The van der Waals surface area contributed by atoms with E-state index in [-0.39, 0.29) is 11.9 Å². The van der Waals surface area contributed by atoms with Crippen molar-refractivity contribution in [3.63, 3.8) is 0 Å². The van der Waals surface area contributed by atoms with Gasteiger partial charge < -0.3 is 10.4 Å². The monoisotopic (exact) mass is 263 g/mol. The van der Waals surface area contributed by atoms with Gasteiger partial charge in [0.1, 0.15) is 5.82 Å². The van der Waals surface area contributed by atoms with Crippen LogP contribution < -0.4 is 5.32 Å². The van der Waals surface area contributed by atoms with Gasteiger partial charge in [-0.05, 0) is 55.4 Å². The van der Waals surface area contributed by atoms with E-state index in [4.69, 9.17) is 0 Å². The lowest BCUT2D eigenvalue weighted by molar-refractivity contribution is 0.0441. The zero-order valence-electron chi connectivity index (χ0n) is 11.3. The van der Waals surface area contributed by atoms with E-state index in [1.807, 2.05) is 6.07 Å². The Bertz CT molecular complexity index is 454. The first-order valence-corrected chi connectivity index (χ1v) is 7.40. The molecule has 2 aliphatic carbocycles. The van der Waals surface area contributed by atoms with Crippen molar-refractivity contribution in [3.05, 3.63) is 35.1 Å². The number of hydrogen-bond donors (Lipinski definition) is 2. The SMILES string of the molecule is OC1(CNC2CCCc3ccc(F)cc32)CCCC1. The van der Waals surface area contributed by atoms with Crippen LogP contribution in [0.15, 0.2) is 18.2 Å². The van der Waals surface area contributed by atoms with Gasteiger partial charge in [-0.3, -0.25) is 0 Å². The molecule has 0 aliphatic heterocycles. The first-order chi connectivity index (χ1) is 9.16. The molecule has 0 amide bonds. The van der Waals surface area contributed by atoms with Gasteiger partial charge in [0, 0.05) is 12.6 Å². The maximum atomic E-state index is 13.4. The largest absolute Gasteiger partial charge is 0.389 e. The Labute approximate surface area is 114 Å². The molecule has 2 N–H and O–H groups in total. The maximum Gasteiger partial charge on any atom is 0.123 e. The van der Waals surface area contributed by atoms with Gasteiger partial charge in [-0.1, -0.05) is 18.9 Å². The van der Waals surface area contributed by atoms with Gasteiger partial charge >= 0.3 is 0 Å². The summed E-state index contributed by atoms with van der Waals surface area (Å²) in [5, 5.41) is 13.9. The van der Waals surface area contributed by atoms with E-state index in [0.717, 1.165) is 50.5 Å². The van der Waals surface area contributed by atoms with Crippen LogP contribution in [-0.2, 0) is 6.42 Å². The van der Waals surface area contributed by atoms with Gasteiger partial charge in [-0.25, -0.2) is 4.39 Å². The molecule has 0 radical (unpaired) electrons. The van der Waals surface area contributed by atoms with Crippen LogP contribution in [0.25, 0.3) is 0 Å². The second-order valence-corrected chi connectivity index (χ2v) is 6.10. The number of aryl methyl sites for hydroxylation is 1. The Morgan fingerprint density at radius 2 is 2.05 bits per heavy atom. The van der Waals surface area contributed by atoms with Crippen LogP contribution in [0.2, 0.25) is 0 Å². The smallest absolute Gasteiger partial charge is 0.123 e. The Hall–Kier alpha value is -0.930. The number of nitrogens with one attached hydrogen (secondary N) is 1. The standard InChI is InChI=1S/C16H22FNO/c17-13-7-6-12-4-3-5-15(14(12)10-13)18-11-16(19)8-1-2-9-16/h6-7,10,15,18-19H,1-5,8-9,11H2. The average molecular weight is 263 g/mol. The third-order valence-corrected chi connectivity index (χ3v) is 4.63. The van der Waals surface area contributed by atoms with Crippen molar-refractivity contribution in [3.8, 4) is 0 Å². The van der Waals surface area contributed by atoms with Crippen LogP contribution in [0.1, 0.15) is 55.7 Å². The molecule has 0 spiro atoms. The fourth-order valence-corrected chi connectivity index (χ4v) is 3.51. The molecule has 1 saturated carbocycles. The molecule has 3 rings (SSSR count). The van der Waals surface area contributed by atoms with Crippen molar-refractivity contribution in [1.29, 1.82) is 0 Å². The predicted octanol–water partition coefficient (Wildman–Crippen LogP) is 3.10. The molecule has 0 bridgehead atoms. The minimum Gasteiger partial charge on any atom is -0.389 e. The average Bonchev–Trinajstić information content (AvgIpc) is 2.84. The lowest BCUT2D eigenvalue weighted by Crippen LogP contribution is -2.40. The van der Waals surface area contributed by atoms with Gasteiger partial charge in [0.05, 0.1) is 5.60 Å². The third-order valence-electron chi connectivity index (χ3n) is 4.63. The summed E-state index contributed by atoms with van der Waals surface area (Å²) in [6, 6.07) is 5.31. The first kappa shape index (κ1) is 13.1. The molecule has 1 fully saturated rings. The Morgan fingerprint density at radius 1 is 1.26 bits per heavy atom. The van der Waals surface area contributed by atoms with Crippen molar-refractivity contribution in [1.82, 2.24) is 5.32 Å². The van der Waals surface area contributed by atoms with Gasteiger partial charge in [-0.2, -0.15) is 0 Å². The summed E-state index contributed by atoms with van der Waals surface area (Å²) in [7, 11) is 0. The van der Waals surface area contributed by atoms with E-state index < -0.39 is 5.60 Å². The quantitative estimate of drug-likeness (QED) is 0.878. The zero-order valence-corrected chi connectivity index (χ0v) is 11.3. The minimum absolute atomic E-state index is 0.160. The molecular weight excluding hydrogens is 241 g/mol. The van der Waals surface area contributed by atoms with Gasteiger partial charge in [0.2, 0.25) is 0 Å². The van der Waals surface area contributed by atoms with Crippen molar-refractivity contribution < 1.29 is 9.50 Å². The summed E-state index contributed by atoms with van der Waals surface area (Å²) in [6.45, 7) is 0.633. The highest BCUT2D eigenvalue weighted by atomic mass is 19.1. The van der Waals surface area contributed by atoms with E-state index in [2.05, 4.69) is 5.32 Å². The van der Waals surface area contributed by atoms with Crippen molar-refractivity contribution in [2.75, 3.05) is 6.54 Å². The number of aliphatic hydroxyl groups is 1. The second-order valence-electron chi connectivity index (χ2n) is 6.10. The van der Waals surface area contributed by atoms with E-state index in [9.17, 15) is 9.50 Å². The van der Waals surface area contributed by atoms with Crippen LogP contribution in [0.4, 0.5) is 4.39 Å². The highest BCUT2D eigenvalue weighted by molar-refractivity contribution is 5.32. The van der Waals surface area contributed by atoms with Gasteiger partial charge in [0.15, 0.2) is 0 Å². The van der Waals surface area contributed by atoms with Crippen molar-refractivity contribution in [2.45, 2.75) is 56.6 Å².